The minimum Gasteiger partial charge on any atom is -0.433 e. The standard InChI is InChI=1S/C14H11F4N3O3S/c15-13(16)24-9-1-7(4-19-5-9)11-2-8(6-25(22)23)20-12(21-11)10-3-14(10,17)18/h1-2,4-5,10,13H,3,6H2,(H,22,23). The van der Waals surface area contributed by atoms with Crippen molar-refractivity contribution in [3.8, 4) is 17.0 Å². The van der Waals surface area contributed by atoms with Crippen molar-refractivity contribution in [1.82, 2.24) is 15.0 Å². The van der Waals surface area contributed by atoms with Crippen LogP contribution >= 0.6 is 0 Å². The molecule has 0 saturated heterocycles. The summed E-state index contributed by atoms with van der Waals surface area (Å²) >= 11 is -2.23. The third kappa shape index (κ3) is 4.28. The van der Waals surface area contributed by atoms with Gasteiger partial charge < -0.3 is 9.29 Å². The molecule has 0 aromatic carbocycles. The van der Waals surface area contributed by atoms with Crippen LogP contribution in [-0.2, 0) is 16.8 Å². The van der Waals surface area contributed by atoms with E-state index in [1.165, 1.54) is 18.3 Å². The molecule has 11 heteroatoms. The Morgan fingerprint density at radius 2 is 2.04 bits per heavy atom. The first-order valence-corrected chi connectivity index (χ1v) is 8.25. The molecule has 2 unspecified atom stereocenters. The Kier molecular flexibility index (Phi) is 4.69. The molecule has 1 fully saturated rings. The lowest BCUT2D eigenvalue weighted by Gasteiger charge is -2.09. The molecule has 0 radical (unpaired) electrons. The number of aromatic nitrogens is 3. The highest BCUT2D eigenvalue weighted by Gasteiger charge is 2.59. The first-order valence-electron chi connectivity index (χ1n) is 6.98. The summed E-state index contributed by atoms with van der Waals surface area (Å²) in [5.74, 6) is -4.86. The Morgan fingerprint density at radius 1 is 1.32 bits per heavy atom. The maximum absolute atomic E-state index is 13.3. The second-order valence-corrected chi connectivity index (χ2v) is 6.31. The molecule has 1 saturated carbocycles. The van der Waals surface area contributed by atoms with Gasteiger partial charge in [-0.3, -0.25) is 4.98 Å². The second-order valence-electron chi connectivity index (χ2n) is 5.37. The van der Waals surface area contributed by atoms with Gasteiger partial charge in [-0.2, -0.15) is 8.78 Å². The van der Waals surface area contributed by atoms with Gasteiger partial charge in [-0.1, -0.05) is 0 Å². The van der Waals surface area contributed by atoms with Gasteiger partial charge in [0.25, 0.3) is 5.92 Å². The van der Waals surface area contributed by atoms with Gasteiger partial charge in [-0.15, -0.1) is 0 Å². The van der Waals surface area contributed by atoms with E-state index in [1.807, 2.05) is 0 Å². The average molecular weight is 377 g/mol. The number of hydrogen-bond donors (Lipinski definition) is 1. The molecular weight excluding hydrogens is 366 g/mol. The van der Waals surface area contributed by atoms with Gasteiger partial charge in [0.15, 0.2) is 11.1 Å². The molecule has 0 bridgehead atoms. The van der Waals surface area contributed by atoms with Crippen molar-refractivity contribution in [2.24, 2.45) is 0 Å². The van der Waals surface area contributed by atoms with Crippen LogP contribution in [0.1, 0.15) is 23.9 Å². The highest BCUT2D eigenvalue weighted by atomic mass is 32.2. The average Bonchev–Trinajstić information content (AvgIpc) is 3.15. The van der Waals surface area contributed by atoms with E-state index >= 15 is 0 Å². The number of hydrogen-bond acceptors (Lipinski definition) is 5. The van der Waals surface area contributed by atoms with Crippen molar-refractivity contribution in [2.45, 2.75) is 30.6 Å². The monoisotopic (exact) mass is 377 g/mol. The van der Waals surface area contributed by atoms with Crippen molar-refractivity contribution in [3.63, 3.8) is 0 Å². The number of alkyl halides is 4. The Balaban J connectivity index is 2.00. The molecular formula is C14H11F4N3O3S. The number of halogens is 4. The van der Waals surface area contributed by atoms with Crippen LogP contribution in [0.15, 0.2) is 24.5 Å². The summed E-state index contributed by atoms with van der Waals surface area (Å²) in [5.41, 5.74) is 0.444. The molecule has 2 heterocycles. The predicted octanol–water partition coefficient (Wildman–Crippen LogP) is 2.98. The van der Waals surface area contributed by atoms with Crippen LogP contribution in [0.4, 0.5) is 17.6 Å². The minimum absolute atomic E-state index is 0.0868. The molecule has 2 aromatic heterocycles. The van der Waals surface area contributed by atoms with Crippen molar-refractivity contribution in [1.29, 1.82) is 0 Å². The van der Waals surface area contributed by atoms with E-state index in [-0.39, 0.29) is 34.3 Å². The van der Waals surface area contributed by atoms with E-state index in [9.17, 15) is 21.8 Å². The predicted molar refractivity (Wildman–Crippen MR) is 78.7 cm³/mol. The molecule has 3 rings (SSSR count). The third-order valence-corrected chi connectivity index (χ3v) is 3.98. The van der Waals surface area contributed by atoms with Gasteiger partial charge in [0.1, 0.15) is 11.6 Å². The molecule has 1 aliphatic carbocycles. The number of nitrogens with zero attached hydrogens (tertiary/aromatic N) is 3. The van der Waals surface area contributed by atoms with Crippen LogP contribution < -0.4 is 4.74 Å². The lowest BCUT2D eigenvalue weighted by Crippen LogP contribution is -2.06. The van der Waals surface area contributed by atoms with Gasteiger partial charge in [0.05, 0.1) is 29.3 Å². The molecule has 2 aromatic rings. The van der Waals surface area contributed by atoms with Crippen molar-refractivity contribution in [3.05, 3.63) is 36.0 Å². The number of pyridine rings is 1. The van der Waals surface area contributed by atoms with Crippen molar-refractivity contribution >= 4 is 11.1 Å². The molecule has 0 aliphatic heterocycles. The minimum atomic E-state index is -3.05. The second kappa shape index (κ2) is 6.64. The van der Waals surface area contributed by atoms with E-state index in [4.69, 9.17) is 4.55 Å². The Morgan fingerprint density at radius 3 is 2.64 bits per heavy atom. The first kappa shape index (κ1) is 17.7. The fourth-order valence-corrected chi connectivity index (χ4v) is 2.64. The van der Waals surface area contributed by atoms with Crippen LogP contribution in [0, 0.1) is 0 Å². The maximum Gasteiger partial charge on any atom is 0.387 e. The van der Waals surface area contributed by atoms with Crippen LogP contribution in [0.2, 0.25) is 0 Å². The number of rotatable bonds is 6. The molecule has 0 spiro atoms. The van der Waals surface area contributed by atoms with Crippen molar-refractivity contribution < 1.29 is 31.1 Å². The summed E-state index contributed by atoms with van der Waals surface area (Å²) in [7, 11) is 0. The summed E-state index contributed by atoms with van der Waals surface area (Å²) in [6.07, 6.45) is 1.94. The Labute approximate surface area is 141 Å². The quantitative estimate of drug-likeness (QED) is 0.615. The lowest BCUT2D eigenvalue weighted by atomic mass is 10.1. The molecule has 1 N–H and O–H groups in total. The van der Waals surface area contributed by atoms with E-state index in [2.05, 4.69) is 19.7 Å². The van der Waals surface area contributed by atoms with Crippen LogP contribution in [0.3, 0.4) is 0 Å². The largest absolute Gasteiger partial charge is 0.433 e. The molecule has 134 valence electrons. The van der Waals surface area contributed by atoms with Gasteiger partial charge in [0, 0.05) is 18.2 Å². The Bertz CT molecular complexity index is 822. The molecule has 0 amide bonds. The smallest absolute Gasteiger partial charge is 0.387 e. The van der Waals surface area contributed by atoms with Gasteiger partial charge in [0.2, 0.25) is 0 Å². The summed E-state index contributed by atoms with van der Waals surface area (Å²) in [5, 5.41) is 0. The number of ether oxygens (including phenoxy) is 1. The lowest BCUT2D eigenvalue weighted by molar-refractivity contribution is -0.0500. The third-order valence-electron chi connectivity index (χ3n) is 3.44. The van der Waals surface area contributed by atoms with Gasteiger partial charge in [-0.05, 0) is 12.1 Å². The summed E-state index contributed by atoms with van der Waals surface area (Å²) in [4.78, 5) is 11.7. The molecule has 6 nitrogen and oxygen atoms in total. The first-order chi connectivity index (χ1) is 11.7. The summed E-state index contributed by atoms with van der Waals surface area (Å²) in [6, 6.07) is 2.54. The van der Waals surface area contributed by atoms with Crippen LogP contribution in [0.5, 0.6) is 5.75 Å². The fraction of sp³-hybridized carbons (Fsp3) is 0.357. The van der Waals surface area contributed by atoms with E-state index in [1.54, 1.807) is 0 Å². The highest BCUT2D eigenvalue weighted by Crippen LogP contribution is 2.54. The van der Waals surface area contributed by atoms with Crippen molar-refractivity contribution in [2.75, 3.05) is 0 Å². The van der Waals surface area contributed by atoms with Crippen LogP contribution in [-0.4, -0.2) is 36.2 Å². The molecule has 2 atom stereocenters. The molecule has 25 heavy (non-hydrogen) atoms. The SMILES string of the molecule is O=S(O)Cc1cc(-c2cncc(OC(F)F)c2)nc(C2CC2(F)F)n1. The zero-order valence-electron chi connectivity index (χ0n) is 12.4. The van der Waals surface area contributed by atoms with E-state index < -0.39 is 36.0 Å². The zero-order valence-corrected chi connectivity index (χ0v) is 13.2. The van der Waals surface area contributed by atoms with E-state index in [0.717, 1.165) is 6.20 Å². The Hall–Kier alpha value is -2.14. The van der Waals surface area contributed by atoms with Gasteiger partial charge >= 0.3 is 6.61 Å². The van der Waals surface area contributed by atoms with Crippen LogP contribution in [0.25, 0.3) is 11.3 Å². The van der Waals surface area contributed by atoms with E-state index in [0.29, 0.717) is 0 Å². The van der Waals surface area contributed by atoms with Gasteiger partial charge in [-0.25, -0.2) is 23.0 Å². The fourth-order valence-electron chi connectivity index (χ4n) is 2.24. The summed E-state index contributed by atoms with van der Waals surface area (Å²) < 4.78 is 75.5. The summed E-state index contributed by atoms with van der Waals surface area (Å²) in [6.45, 7) is -3.05. The molecule has 1 aliphatic rings. The topological polar surface area (TPSA) is 85.2 Å². The highest BCUT2D eigenvalue weighted by molar-refractivity contribution is 7.78. The normalized spacial score (nSPS) is 19.7. The maximum atomic E-state index is 13.3. The zero-order chi connectivity index (χ0) is 18.2.